The van der Waals surface area contributed by atoms with Crippen LogP contribution >= 0.6 is 12.2 Å². The Bertz CT molecular complexity index is 1130. The smallest absolute Gasteiger partial charge is 0.261 e. The van der Waals surface area contributed by atoms with E-state index in [1.807, 2.05) is 32.0 Å². The van der Waals surface area contributed by atoms with Crippen molar-refractivity contribution in [3.05, 3.63) is 83.7 Å². The number of sulfonamides is 1. The van der Waals surface area contributed by atoms with Crippen LogP contribution in [0.25, 0.3) is 0 Å². The first-order valence-corrected chi connectivity index (χ1v) is 10.7. The van der Waals surface area contributed by atoms with Gasteiger partial charge in [-0.25, -0.2) is 12.8 Å². The minimum absolute atomic E-state index is 0.0371. The second kappa shape index (κ2) is 8.59. The Morgan fingerprint density at radius 3 is 2.03 bits per heavy atom. The lowest BCUT2D eigenvalue weighted by Gasteiger charge is -2.17. The summed E-state index contributed by atoms with van der Waals surface area (Å²) in [6, 6.07) is 17.3. The number of hydrogen-bond donors (Lipinski definition) is 3. The number of hydrogen-bond acceptors (Lipinski definition) is 3. The first kappa shape index (κ1) is 20.8. The zero-order valence-electron chi connectivity index (χ0n) is 15.9. The van der Waals surface area contributed by atoms with E-state index in [0.29, 0.717) is 16.5 Å². The van der Waals surface area contributed by atoms with Crippen molar-refractivity contribution in [3.8, 4) is 0 Å². The van der Waals surface area contributed by atoms with E-state index >= 15 is 0 Å². The Hall–Kier alpha value is -2.97. The SMILES string of the molecule is Cc1cccc(C)c1NC(=S)Nc1ccccc1NS(=O)(=O)c1ccc(F)cc1. The molecule has 0 amide bonds. The summed E-state index contributed by atoms with van der Waals surface area (Å²) >= 11 is 5.40. The van der Waals surface area contributed by atoms with Gasteiger partial charge in [0.1, 0.15) is 5.82 Å². The highest BCUT2D eigenvalue weighted by molar-refractivity contribution is 7.92. The molecular weight excluding hydrogens is 409 g/mol. The lowest BCUT2D eigenvalue weighted by molar-refractivity contribution is 0.599. The Morgan fingerprint density at radius 2 is 1.41 bits per heavy atom. The zero-order valence-corrected chi connectivity index (χ0v) is 17.5. The zero-order chi connectivity index (χ0) is 21.0. The van der Waals surface area contributed by atoms with Crippen LogP contribution in [0.3, 0.4) is 0 Å². The van der Waals surface area contributed by atoms with Crippen LogP contribution in [0.1, 0.15) is 11.1 Å². The van der Waals surface area contributed by atoms with Gasteiger partial charge < -0.3 is 10.6 Å². The molecule has 0 unspecified atom stereocenters. The maximum absolute atomic E-state index is 13.1. The molecule has 3 rings (SSSR count). The van der Waals surface area contributed by atoms with Gasteiger partial charge in [-0.1, -0.05) is 30.3 Å². The number of anilines is 3. The van der Waals surface area contributed by atoms with Crippen LogP contribution in [-0.4, -0.2) is 13.5 Å². The third-order valence-corrected chi connectivity index (χ3v) is 5.85. The molecule has 0 aliphatic rings. The molecule has 0 radical (unpaired) electrons. The van der Waals surface area contributed by atoms with E-state index in [4.69, 9.17) is 12.2 Å². The van der Waals surface area contributed by atoms with E-state index in [2.05, 4.69) is 15.4 Å². The molecule has 0 aromatic heterocycles. The van der Waals surface area contributed by atoms with Gasteiger partial charge in [0, 0.05) is 5.69 Å². The second-order valence-electron chi connectivity index (χ2n) is 6.45. The fraction of sp³-hybridized carbons (Fsp3) is 0.0952. The highest BCUT2D eigenvalue weighted by Crippen LogP contribution is 2.26. The summed E-state index contributed by atoms with van der Waals surface area (Å²) in [5.74, 6) is -0.506. The average Bonchev–Trinajstić information content (AvgIpc) is 2.66. The Labute approximate surface area is 175 Å². The van der Waals surface area contributed by atoms with Crippen molar-refractivity contribution in [3.63, 3.8) is 0 Å². The van der Waals surface area contributed by atoms with Gasteiger partial charge in [-0.3, -0.25) is 4.72 Å². The molecule has 0 saturated heterocycles. The third-order valence-electron chi connectivity index (χ3n) is 4.26. The van der Waals surface area contributed by atoms with Crippen LogP contribution < -0.4 is 15.4 Å². The fourth-order valence-electron chi connectivity index (χ4n) is 2.78. The Balaban J connectivity index is 1.80. The highest BCUT2D eigenvalue weighted by atomic mass is 32.2. The molecule has 3 N–H and O–H groups in total. The van der Waals surface area contributed by atoms with Crippen molar-refractivity contribution in [1.82, 2.24) is 0 Å². The topological polar surface area (TPSA) is 70.2 Å². The van der Waals surface area contributed by atoms with E-state index in [1.54, 1.807) is 24.3 Å². The molecule has 5 nitrogen and oxygen atoms in total. The van der Waals surface area contributed by atoms with E-state index in [-0.39, 0.29) is 4.90 Å². The molecule has 0 aliphatic carbocycles. The molecular formula is C21H20FN3O2S2. The van der Waals surface area contributed by atoms with Gasteiger partial charge in [-0.15, -0.1) is 0 Å². The largest absolute Gasteiger partial charge is 0.332 e. The van der Waals surface area contributed by atoms with Crippen LogP contribution in [0.15, 0.2) is 71.6 Å². The van der Waals surface area contributed by atoms with Crippen molar-refractivity contribution >= 4 is 44.4 Å². The quantitative estimate of drug-likeness (QED) is 0.495. The number of thiocarbonyl (C=S) groups is 1. The molecule has 29 heavy (non-hydrogen) atoms. The van der Waals surface area contributed by atoms with Gasteiger partial charge in [-0.2, -0.15) is 0 Å². The molecule has 0 fully saturated rings. The van der Waals surface area contributed by atoms with E-state index in [0.717, 1.165) is 28.9 Å². The summed E-state index contributed by atoms with van der Waals surface area (Å²) in [5.41, 5.74) is 3.79. The molecule has 8 heteroatoms. The monoisotopic (exact) mass is 429 g/mol. The van der Waals surface area contributed by atoms with E-state index in [1.165, 1.54) is 12.1 Å². The number of nitrogens with one attached hydrogen (secondary N) is 3. The molecule has 0 bridgehead atoms. The normalized spacial score (nSPS) is 11.0. The van der Waals surface area contributed by atoms with Crippen molar-refractivity contribution < 1.29 is 12.8 Å². The summed E-state index contributed by atoms with van der Waals surface area (Å²) < 4.78 is 40.9. The predicted molar refractivity (Wildman–Crippen MR) is 119 cm³/mol. The summed E-state index contributed by atoms with van der Waals surface area (Å²) in [4.78, 5) is -0.0371. The van der Waals surface area contributed by atoms with Crippen LogP contribution in [-0.2, 0) is 10.0 Å². The van der Waals surface area contributed by atoms with Gasteiger partial charge in [0.05, 0.1) is 16.3 Å². The first-order chi connectivity index (χ1) is 13.8. The minimum atomic E-state index is -3.88. The highest BCUT2D eigenvalue weighted by Gasteiger charge is 2.16. The predicted octanol–water partition coefficient (Wildman–Crippen LogP) is 5.05. The fourth-order valence-corrected chi connectivity index (χ4v) is 4.07. The summed E-state index contributed by atoms with van der Waals surface area (Å²) in [6.07, 6.45) is 0. The standard InChI is InChI=1S/C21H20FN3O2S2/c1-14-6-5-7-15(2)20(14)24-21(28)23-18-8-3-4-9-19(18)25-29(26,27)17-12-10-16(22)11-13-17/h3-13,25H,1-2H3,(H2,23,24,28). The maximum atomic E-state index is 13.1. The summed E-state index contributed by atoms with van der Waals surface area (Å²) in [6.45, 7) is 3.95. The van der Waals surface area contributed by atoms with E-state index < -0.39 is 15.8 Å². The van der Waals surface area contributed by atoms with Crippen molar-refractivity contribution in [2.24, 2.45) is 0 Å². The second-order valence-corrected chi connectivity index (χ2v) is 8.54. The Morgan fingerprint density at radius 1 is 0.828 bits per heavy atom. The lowest BCUT2D eigenvalue weighted by Crippen LogP contribution is -2.22. The summed E-state index contributed by atoms with van der Waals surface area (Å²) in [5, 5.41) is 6.52. The molecule has 0 aliphatic heterocycles. The number of rotatable bonds is 5. The van der Waals surface area contributed by atoms with E-state index in [9.17, 15) is 12.8 Å². The number of para-hydroxylation sites is 3. The number of benzene rings is 3. The summed E-state index contributed by atoms with van der Waals surface area (Å²) in [7, 11) is -3.88. The molecule has 0 saturated carbocycles. The van der Waals surface area contributed by atoms with Gasteiger partial charge in [0.25, 0.3) is 10.0 Å². The minimum Gasteiger partial charge on any atom is -0.332 e. The van der Waals surface area contributed by atoms with Crippen molar-refractivity contribution in [2.45, 2.75) is 18.7 Å². The van der Waals surface area contributed by atoms with Crippen LogP contribution in [0.2, 0.25) is 0 Å². The molecule has 0 heterocycles. The van der Waals surface area contributed by atoms with Crippen LogP contribution in [0, 0.1) is 19.7 Å². The van der Waals surface area contributed by atoms with Gasteiger partial charge >= 0.3 is 0 Å². The van der Waals surface area contributed by atoms with Gasteiger partial charge in [-0.05, 0) is 73.6 Å². The first-order valence-electron chi connectivity index (χ1n) is 8.78. The third kappa shape index (κ3) is 5.10. The Kier molecular flexibility index (Phi) is 6.14. The molecule has 150 valence electrons. The van der Waals surface area contributed by atoms with Crippen LogP contribution in [0.4, 0.5) is 21.5 Å². The molecule has 0 spiro atoms. The van der Waals surface area contributed by atoms with Gasteiger partial charge in [0.2, 0.25) is 0 Å². The lowest BCUT2D eigenvalue weighted by atomic mass is 10.1. The number of aryl methyl sites for hydroxylation is 2. The van der Waals surface area contributed by atoms with Crippen molar-refractivity contribution in [2.75, 3.05) is 15.4 Å². The number of halogens is 1. The van der Waals surface area contributed by atoms with Crippen LogP contribution in [0.5, 0.6) is 0 Å². The maximum Gasteiger partial charge on any atom is 0.261 e. The molecule has 3 aromatic rings. The van der Waals surface area contributed by atoms with Crippen molar-refractivity contribution in [1.29, 1.82) is 0 Å². The average molecular weight is 430 g/mol. The van der Waals surface area contributed by atoms with Gasteiger partial charge in [0.15, 0.2) is 5.11 Å². The molecule has 0 atom stereocenters. The molecule has 3 aromatic carbocycles.